The molecule has 1 aromatic heterocycles. The Bertz CT molecular complexity index is 777. The minimum atomic E-state index is -0.427. The van der Waals surface area contributed by atoms with E-state index in [2.05, 4.69) is 48.4 Å². The van der Waals surface area contributed by atoms with Gasteiger partial charge >= 0.3 is 5.97 Å². The molecule has 3 rings (SSSR count). The van der Waals surface area contributed by atoms with Crippen LogP contribution in [0.3, 0.4) is 0 Å². The van der Waals surface area contributed by atoms with Crippen LogP contribution in [0.25, 0.3) is 10.6 Å². The molecule has 27 heavy (non-hydrogen) atoms. The van der Waals surface area contributed by atoms with Crippen LogP contribution in [-0.2, 0) is 20.7 Å². The fraction of sp³-hybridized carbons (Fsp3) is 0.476. The van der Waals surface area contributed by atoms with Gasteiger partial charge in [0.1, 0.15) is 5.01 Å². The van der Waals surface area contributed by atoms with Crippen LogP contribution >= 0.6 is 11.3 Å². The number of aromatic nitrogens is 1. The zero-order valence-electron chi connectivity index (χ0n) is 15.9. The van der Waals surface area contributed by atoms with Crippen LogP contribution in [0, 0.1) is 0 Å². The van der Waals surface area contributed by atoms with E-state index in [0.717, 1.165) is 36.3 Å². The maximum atomic E-state index is 12.0. The predicted molar refractivity (Wildman–Crippen MR) is 107 cm³/mol. The highest BCUT2D eigenvalue weighted by Gasteiger charge is 2.18. The first-order valence-electron chi connectivity index (χ1n) is 9.51. The lowest BCUT2D eigenvalue weighted by atomic mass is 10.0. The van der Waals surface area contributed by atoms with Gasteiger partial charge in [0.05, 0.1) is 12.1 Å². The normalized spacial score (nSPS) is 14.5. The first-order valence-corrected chi connectivity index (χ1v) is 10.4. The summed E-state index contributed by atoms with van der Waals surface area (Å²) in [6.07, 6.45) is 4.41. The molecule has 0 saturated heterocycles. The molecule has 1 N–H and O–H groups in total. The quantitative estimate of drug-likeness (QED) is 0.728. The van der Waals surface area contributed by atoms with Crippen molar-refractivity contribution in [2.45, 2.75) is 57.9 Å². The number of hydrogen-bond donors (Lipinski definition) is 1. The maximum absolute atomic E-state index is 12.0. The summed E-state index contributed by atoms with van der Waals surface area (Å²) in [6, 6.07) is 8.57. The van der Waals surface area contributed by atoms with Crippen molar-refractivity contribution in [3.05, 3.63) is 40.9 Å². The highest BCUT2D eigenvalue weighted by atomic mass is 32.1. The topological polar surface area (TPSA) is 68.3 Å². The average molecular weight is 387 g/mol. The number of thiazole rings is 1. The van der Waals surface area contributed by atoms with Crippen molar-refractivity contribution in [2.24, 2.45) is 0 Å². The molecule has 0 radical (unpaired) electrons. The van der Waals surface area contributed by atoms with Crippen LogP contribution in [0.15, 0.2) is 29.6 Å². The lowest BCUT2D eigenvalue weighted by Crippen LogP contribution is -2.36. The monoisotopic (exact) mass is 386 g/mol. The molecule has 1 aromatic carbocycles. The number of rotatable bonds is 7. The van der Waals surface area contributed by atoms with Crippen LogP contribution in [0.1, 0.15) is 56.7 Å². The van der Waals surface area contributed by atoms with E-state index >= 15 is 0 Å². The van der Waals surface area contributed by atoms with Crippen molar-refractivity contribution in [3.8, 4) is 10.6 Å². The highest BCUT2D eigenvalue weighted by molar-refractivity contribution is 7.13. The minimum Gasteiger partial charge on any atom is -0.455 e. The molecule has 5 nitrogen and oxygen atoms in total. The van der Waals surface area contributed by atoms with Gasteiger partial charge in [-0.3, -0.25) is 9.59 Å². The number of nitrogens with zero attached hydrogens (tertiary/aromatic N) is 1. The molecule has 144 valence electrons. The second-order valence-corrected chi connectivity index (χ2v) is 8.17. The van der Waals surface area contributed by atoms with Gasteiger partial charge in [0.2, 0.25) is 0 Å². The zero-order valence-corrected chi connectivity index (χ0v) is 16.7. The van der Waals surface area contributed by atoms with Crippen LogP contribution in [0.2, 0.25) is 0 Å². The molecular formula is C21H26N2O3S. The van der Waals surface area contributed by atoms with Gasteiger partial charge in [-0.05, 0) is 24.3 Å². The Morgan fingerprint density at radius 3 is 2.59 bits per heavy atom. The van der Waals surface area contributed by atoms with Crippen LogP contribution in [0.4, 0.5) is 0 Å². The predicted octanol–water partition coefficient (Wildman–Crippen LogP) is 4.08. The molecule has 6 heteroatoms. The van der Waals surface area contributed by atoms with Gasteiger partial charge < -0.3 is 10.1 Å². The Morgan fingerprint density at radius 2 is 1.93 bits per heavy atom. The minimum absolute atomic E-state index is 0.0806. The molecule has 0 bridgehead atoms. The summed E-state index contributed by atoms with van der Waals surface area (Å²) in [6.45, 7) is 4.11. The highest BCUT2D eigenvalue weighted by Crippen LogP contribution is 2.26. The molecule has 0 aliphatic heterocycles. The first kappa shape index (κ1) is 19.5. The molecule has 1 heterocycles. The number of benzene rings is 1. The smallest absolute Gasteiger partial charge is 0.312 e. The molecule has 1 aliphatic carbocycles. The van der Waals surface area contributed by atoms with Crippen molar-refractivity contribution < 1.29 is 14.3 Å². The van der Waals surface area contributed by atoms with E-state index < -0.39 is 5.97 Å². The summed E-state index contributed by atoms with van der Waals surface area (Å²) in [5.74, 6) is -0.158. The first-order chi connectivity index (χ1) is 13.0. The molecule has 0 atom stereocenters. The standard InChI is InChI=1S/C21H26N2O3S/c1-14(2)15-7-9-16(10-8-15)21-23-18(13-27-21)11-20(25)26-12-19(24)22-17-5-3-4-6-17/h7-10,13-14,17H,3-6,11-12H2,1-2H3,(H,22,24). The molecule has 1 amide bonds. The van der Waals surface area contributed by atoms with Gasteiger partial charge in [0, 0.05) is 17.0 Å². The van der Waals surface area contributed by atoms with Gasteiger partial charge in [-0.25, -0.2) is 4.98 Å². The van der Waals surface area contributed by atoms with E-state index in [1.54, 1.807) is 0 Å². The number of ether oxygens (including phenoxy) is 1. The van der Waals surface area contributed by atoms with Gasteiger partial charge in [-0.2, -0.15) is 0 Å². The van der Waals surface area contributed by atoms with Gasteiger partial charge in [-0.15, -0.1) is 11.3 Å². The Kier molecular flexibility index (Phi) is 6.61. The number of carbonyl (C=O) groups is 2. The fourth-order valence-corrected chi connectivity index (χ4v) is 4.04. The number of amides is 1. The number of hydrogen-bond acceptors (Lipinski definition) is 5. The SMILES string of the molecule is CC(C)c1ccc(-c2nc(CC(=O)OCC(=O)NC3CCCC3)cs2)cc1. The Hall–Kier alpha value is -2.21. The van der Waals surface area contributed by atoms with Crippen LogP contribution in [0.5, 0.6) is 0 Å². The average Bonchev–Trinajstić information content (AvgIpc) is 3.32. The fourth-order valence-electron chi connectivity index (χ4n) is 3.22. The summed E-state index contributed by atoms with van der Waals surface area (Å²) in [7, 11) is 0. The van der Waals surface area contributed by atoms with Gasteiger partial charge in [0.25, 0.3) is 5.91 Å². The molecule has 1 saturated carbocycles. The van der Waals surface area contributed by atoms with Crippen molar-refractivity contribution in [3.63, 3.8) is 0 Å². The van der Waals surface area contributed by atoms with Crippen molar-refractivity contribution in [1.82, 2.24) is 10.3 Å². The second-order valence-electron chi connectivity index (χ2n) is 7.31. The van der Waals surface area contributed by atoms with Gasteiger partial charge in [0.15, 0.2) is 6.61 Å². The van der Waals surface area contributed by atoms with Crippen LogP contribution < -0.4 is 5.32 Å². The van der Waals surface area contributed by atoms with Crippen molar-refractivity contribution in [2.75, 3.05) is 6.61 Å². The Labute approximate surface area is 164 Å². The van der Waals surface area contributed by atoms with Crippen molar-refractivity contribution in [1.29, 1.82) is 0 Å². The van der Waals surface area contributed by atoms with E-state index in [1.807, 2.05) is 5.38 Å². The number of nitrogens with one attached hydrogen (secondary N) is 1. The lowest BCUT2D eigenvalue weighted by Gasteiger charge is -2.11. The molecule has 0 unspecified atom stereocenters. The third-order valence-corrected chi connectivity index (χ3v) is 5.73. The molecule has 2 aromatic rings. The van der Waals surface area contributed by atoms with E-state index in [1.165, 1.54) is 16.9 Å². The lowest BCUT2D eigenvalue weighted by molar-refractivity contribution is -0.148. The van der Waals surface area contributed by atoms with E-state index in [9.17, 15) is 9.59 Å². The molecular weight excluding hydrogens is 360 g/mol. The second kappa shape index (κ2) is 9.13. The van der Waals surface area contributed by atoms with Crippen LogP contribution in [-0.4, -0.2) is 29.5 Å². The van der Waals surface area contributed by atoms with E-state index in [-0.39, 0.29) is 25.0 Å². The number of carbonyl (C=O) groups excluding carboxylic acids is 2. The Morgan fingerprint density at radius 1 is 1.22 bits per heavy atom. The summed E-state index contributed by atoms with van der Waals surface area (Å²) in [5.41, 5.74) is 3.00. The van der Waals surface area contributed by atoms with Gasteiger partial charge in [-0.1, -0.05) is 51.0 Å². The van der Waals surface area contributed by atoms with Crippen molar-refractivity contribution >= 4 is 23.2 Å². The summed E-state index contributed by atoms with van der Waals surface area (Å²) in [4.78, 5) is 28.3. The van der Waals surface area contributed by atoms with E-state index in [4.69, 9.17) is 4.74 Å². The number of esters is 1. The summed E-state index contributed by atoms with van der Waals surface area (Å²) in [5, 5.41) is 5.65. The summed E-state index contributed by atoms with van der Waals surface area (Å²) >= 11 is 1.51. The summed E-state index contributed by atoms with van der Waals surface area (Å²) < 4.78 is 5.09. The third kappa shape index (κ3) is 5.63. The molecule has 1 fully saturated rings. The zero-order chi connectivity index (χ0) is 19.2. The third-order valence-electron chi connectivity index (χ3n) is 4.79. The largest absolute Gasteiger partial charge is 0.455 e. The molecule has 0 spiro atoms. The molecule has 1 aliphatic rings. The Balaban J connectivity index is 1.48. The maximum Gasteiger partial charge on any atom is 0.312 e. The van der Waals surface area contributed by atoms with E-state index in [0.29, 0.717) is 11.6 Å².